The third-order valence-corrected chi connectivity index (χ3v) is 5.85. The topological polar surface area (TPSA) is 0 Å². The lowest BCUT2D eigenvalue weighted by Crippen LogP contribution is -2.31. The molecule has 3 unspecified atom stereocenters. The Morgan fingerprint density at radius 2 is 0.684 bits per heavy atom. The number of alkyl halides is 9. The van der Waals surface area contributed by atoms with E-state index in [1.165, 1.54) is 0 Å². The van der Waals surface area contributed by atoms with Gasteiger partial charge in [-0.25, -0.2) is 39.5 Å². The van der Waals surface area contributed by atoms with Crippen molar-refractivity contribution < 1.29 is 39.5 Å². The van der Waals surface area contributed by atoms with Crippen molar-refractivity contribution >= 4 is 8.80 Å². The van der Waals surface area contributed by atoms with E-state index in [1.807, 2.05) is 0 Å². The molecule has 0 rings (SSSR count). The maximum absolute atomic E-state index is 12.7. The molecule has 0 aliphatic rings. The third kappa shape index (κ3) is 7.68. The Labute approximate surface area is 105 Å². The van der Waals surface area contributed by atoms with Crippen LogP contribution in [0, 0.1) is 0 Å². The van der Waals surface area contributed by atoms with Crippen molar-refractivity contribution in [1.82, 2.24) is 0 Å². The zero-order chi connectivity index (χ0) is 15.2. The van der Waals surface area contributed by atoms with E-state index in [2.05, 4.69) is 0 Å². The molecule has 0 aromatic carbocycles. The summed E-state index contributed by atoms with van der Waals surface area (Å²) in [6, 6.07) is -3.01. The largest absolute Gasteiger partial charge is 0.269 e. The van der Waals surface area contributed by atoms with Gasteiger partial charge in [-0.05, 0) is 18.1 Å². The highest BCUT2D eigenvalue weighted by Gasteiger charge is 2.33. The molecule has 0 aliphatic heterocycles. The Morgan fingerprint density at radius 3 is 0.842 bits per heavy atom. The number of hydrogen-bond acceptors (Lipinski definition) is 0. The summed E-state index contributed by atoms with van der Waals surface area (Å²) in [5.74, 6) is 0. The van der Waals surface area contributed by atoms with E-state index in [-0.39, 0.29) is 0 Å². The average molecular weight is 320 g/mol. The first-order valence-corrected chi connectivity index (χ1v) is 7.86. The van der Waals surface area contributed by atoms with Gasteiger partial charge in [0.05, 0.1) is 0 Å². The second-order valence-corrected chi connectivity index (χ2v) is 7.27. The van der Waals surface area contributed by atoms with Crippen LogP contribution in [0.15, 0.2) is 0 Å². The molecule has 0 radical (unpaired) electrons. The van der Waals surface area contributed by atoms with Crippen LogP contribution in [-0.4, -0.2) is 46.6 Å². The van der Waals surface area contributed by atoms with Crippen LogP contribution in [0.3, 0.4) is 0 Å². The lowest BCUT2D eigenvalue weighted by molar-refractivity contribution is 0.0508. The molecule has 19 heavy (non-hydrogen) atoms. The van der Waals surface area contributed by atoms with Gasteiger partial charge < -0.3 is 0 Å². The van der Waals surface area contributed by atoms with Crippen LogP contribution in [-0.2, 0) is 0 Å². The minimum absolute atomic E-state index is 1.00. The van der Waals surface area contributed by atoms with E-state index in [4.69, 9.17) is 0 Å². The molecule has 0 aliphatic carbocycles. The zero-order valence-electron chi connectivity index (χ0n) is 9.56. The molecule has 0 nitrogen and oxygen atoms in total. The quantitative estimate of drug-likeness (QED) is 0.445. The van der Waals surface area contributed by atoms with Gasteiger partial charge in [0.25, 0.3) is 19.3 Å². The highest BCUT2D eigenvalue weighted by molar-refractivity contribution is 6.59. The molecule has 0 amide bonds. The molecule has 3 atom stereocenters. The van der Waals surface area contributed by atoms with Crippen LogP contribution in [0.25, 0.3) is 0 Å². The molecule has 0 saturated heterocycles. The summed E-state index contributed by atoms with van der Waals surface area (Å²) in [5.41, 5.74) is 0. The fourth-order valence-corrected chi connectivity index (χ4v) is 4.66. The molecule has 0 spiro atoms. The minimum atomic E-state index is -3.43. The van der Waals surface area contributed by atoms with Gasteiger partial charge in [0.15, 0.2) is 18.5 Å². The van der Waals surface area contributed by atoms with Crippen LogP contribution >= 0.6 is 0 Å². The Hall–Kier alpha value is -0.413. The second-order valence-electron chi connectivity index (χ2n) is 4.12. The van der Waals surface area contributed by atoms with Crippen molar-refractivity contribution in [3.05, 3.63) is 0 Å². The van der Waals surface area contributed by atoms with Gasteiger partial charge in [-0.2, -0.15) is 0 Å². The molecule has 0 bridgehead atoms. The van der Waals surface area contributed by atoms with Crippen molar-refractivity contribution in [3.8, 4) is 0 Å². The Kier molecular flexibility index (Phi) is 8.51. The van der Waals surface area contributed by atoms with Crippen LogP contribution < -0.4 is 0 Å². The van der Waals surface area contributed by atoms with Gasteiger partial charge in [0.2, 0.25) is 0 Å². The van der Waals surface area contributed by atoms with Gasteiger partial charge in [0.1, 0.15) is 0 Å². The maximum Gasteiger partial charge on any atom is 0.269 e. The van der Waals surface area contributed by atoms with Crippen LogP contribution in [0.4, 0.5) is 39.5 Å². The SMILES string of the molecule is FC(F)C(F)C[SiH](CC(F)C(F)F)CC(F)C(F)F. The monoisotopic (exact) mass is 320 g/mol. The Morgan fingerprint density at radius 1 is 0.474 bits per heavy atom. The predicted octanol–water partition coefficient (Wildman–Crippen LogP) is 4.02. The number of halogens is 9. The van der Waals surface area contributed by atoms with Gasteiger partial charge in [-0.3, -0.25) is 0 Å². The van der Waals surface area contributed by atoms with Crippen LogP contribution in [0.5, 0.6) is 0 Å². The molecule has 10 heteroatoms. The lowest BCUT2D eigenvalue weighted by atomic mass is 10.4. The van der Waals surface area contributed by atoms with Crippen molar-refractivity contribution in [1.29, 1.82) is 0 Å². The van der Waals surface area contributed by atoms with Crippen molar-refractivity contribution in [3.63, 3.8) is 0 Å². The van der Waals surface area contributed by atoms with Gasteiger partial charge in [-0.15, -0.1) is 0 Å². The summed E-state index contributed by atoms with van der Waals surface area (Å²) < 4.78 is 110. The molecule has 0 N–H and O–H groups in total. The van der Waals surface area contributed by atoms with E-state index >= 15 is 0 Å². The van der Waals surface area contributed by atoms with E-state index in [0.717, 1.165) is 0 Å². The highest BCUT2D eigenvalue weighted by atomic mass is 28.3. The zero-order valence-corrected chi connectivity index (χ0v) is 10.7. The van der Waals surface area contributed by atoms with E-state index in [9.17, 15) is 39.5 Å². The van der Waals surface area contributed by atoms with Gasteiger partial charge in [0, 0.05) is 8.80 Å². The van der Waals surface area contributed by atoms with Crippen molar-refractivity contribution in [2.75, 3.05) is 0 Å². The fourth-order valence-electron chi connectivity index (χ4n) is 1.55. The molecule has 116 valence electrons. The lowest BCUT2D eigenvalue weighted by Gasteiger charge is -2.20. The van der Waals surface area contributed by atoms with Crippen molar-refractivity contribution in [2.45, 2.75) is 55.9 Å². The van der Waals surface area contributed by atoms with Gasteiger partial charge in [-0.1, -0.05) is 0 Å². The van der Waals surface area contributed by atoms with Crippen LogP contribution in [0.2, 0.25) is 18.1 Å². The fraction of sp³-hybridized carbons (Fsp3) is 1.00. The standard InChI is InChI=1S/C9H13F9Si/c10-4(7(13)14)1-19(2-5(11)8(15)16)3-6(12)9(17)18/h4-9,19H,1-3H2. The summed E-state index contributed by atoms with van der Waals surface area (Å²) in [5, 5.41) is 0. The first kappa shape index (κ1) is 18.6. The summed E-state index contributed by atoms with van der Waals surface area (Å²) in [7, 11) is -3.14. The normalized spacial score (nSPS) is 18.9. The number of hydrogen-bond donors (Lipinski definition) is 0. The smallest absolute Gasteiger partial charge is 0.242 e. The third-order valence-electron chi connectivity index (χ3n) is 2.50. The molecule has 0 fully saturated rings. The molecule has 0 saturated carbocycles. The van der Waals surface area contributed by atoms with E-state index in [1.54, 1.807) is 0 Å². The molecule has 0 heterocycles. The van der Waals surface area contributed by atoms with Gasteiger partial charge >= 0.3 is 0 Å². The maximum atomic E-state index is 12.7. The second kappa shape index (κ2) is 8.70. The van der Waals surface area contributed by atoms with E-state index < -0.39 is 64.7 Å². The Balaban J connectivity index is 4.54. The summed E-state index contributed by atoms with van der Waals surface area (Å²) in [4.78, 5) is 0. The summed E-state index contributed by atoms with van der Waals surface area (Å²) >= 11 is 0. The highest BCUT2D eigenvalue weighted by Crippen LogP contribution is 2.25. The first-order chi connectivity index (χ1) is 8.65. The molecular weight excluding hydrogens is 307 g/mol. The molecule has 0 aromatic rings. The predicted molar refractivity (Wildman–Crippen MR) is 54.3 cm³/mol. The Bertz CT molecular complexity index is 200. The van der Waals surface area contributed by atoms with Crippen molar-refractivity contribution in [2.24, 2.45) is 0 Å². The molecule has 0 aromatic heterocycles. The first-order valence-electron chi connectivity index (χ1n) is 5.41. The number of rotatable bonds is 9. The summed E-state index contributed by atoms with van der Waals surface area (Å²) in [6.07, 6.45) is -18.5. The molecular formula is C9H13F9Si. The van der Waals surface area contributed by atoms with Crippen LogP contribution in [0.1, 0.15) is 0 Å². The van der Waals surface area contributed by atoms with E-state index in [0.29, 0.717) is 0 Å². The average Bonchev–Trinajstić information content (AvgIpc) is 2.27. The minimum Gasteiger partial charge on any atom is -0.242 e. The summed E-state index contributed by atoms with van der Waals surface area (Å²) in [6.45, 7) is 0.